The Labute approximate surface area is 159 Å². The predicted octanol–water partition coefficient (Wildman–Crippen LogP) is 1.79. The molecule has 0 aromatic carbocycles. The quantitative estimate of drug-likeness (QED) is 0.839. The molecule has 5 rings (SSSR count). The number of carbonyl (C=O) groups is 2. The summed E-state index contributed by atoms with van der Waals surface area (Å²) in [4.78, 5) is 27.5. The molecular weight excluding hydrogens is 344 g/mol. The number of rotatable bonds is 4. The van der Waals surface area contributed by atoms with Crippen LogP contribution in [0.15, 0.2) is 10.6 Å². The maximum absolute atomic E-state index is 12.9. The highest BCUT2D eigenvalue weighted by Crippen LogP contribution is 2.41. The van der Waals surface area contributed by atoms with Crippen molar-refractivity contribution in [2.45, 2.75) is 75.4 Å². The average Bonchev–Trinajstić information content (AvgIpc) is 3.09. The van der Waals surface area contributed by atoms with Crippen molar-refractivity contribution in [3.63, 3.8) is 0 Å². The first-order valence-electron chi connectivity index (χ1n) is 10.4. The summed E-state index contributed by atoms with van der Waals surface area (Å²) in [6, 6.07) is 2.44. The number of likely N-dealkylation sites (tertiary alicyclic amines) is 1. The molecule has 4 aliphatic rings. The average molecular weight is 372 g/mol. The Bertz CT molecular complexity index is 735. The van der Waals surface area contributed by atoms with Crippen molar-refractivity contribution in [3.8, 4) is 0 Å². The molecule has 3 saturated carbocycles. The minimum absolute atomic E-state index is 0.132. The highest BCUT2D eigenvalue weighted by atomic mass is 16.5. The SMILES string of the molecule is NC1CCC(C(=O)N2CC3CC2CC3NC(=O)c2cc(C3CC3)on2)CC1. The fraction of sp³-hybridized carbons (Fsp3) is 0.750. The van der Waals surface area contributed by atoms with E-state index in [-0.39, 0.29) is 30.0 Å². The molecule has 1 aromatic heterocycles. The predicted molar refractivity (Wildman–Crippen MR) is 97.9 cm³/mol. The van der Waals surface area contributed by atoms with E-state index in [2.05, 4.69) is 15.4 Å². The van der Waals surface area contributed by atoms with E-state index in [0.717, 1.165) is 63.7 Å². The van der Waals surface area contributed by atoms with Crippen molar-refractivity contribution in [1.29, 1.82) is 0 Å². The third-order valence-electron chi connectivity index (χ3n) is 7.00. The van der Waals surface area contributed by atoms with Crippen molar-refractivity contribution < 1.29 is 14.1 Å². The van der Waals surface area contributed by atoms with Gasteiger partial charge in [-0.15, -0.1) is 0 Å². The molecule has 7 nitrogen and oxygen atoms in total. The van der Waals surface area contributed by atoms with Gasteiger partial charge in [0, 0.05) is 42.6 Å². The van der Waals surface area contributed by atoms with E-state index in [1.165, 1.54) is 0 Å². The van der Waals surface area contributed by atoms with Crippen molar-refractivity contribution in [3.05, 3.63) is 17.5 Å². The van der Waals surface area contributed by atoms with Crippen molar-refractivity contribution in [1.82, 2.24) is 15.4 Å². The van der Waals surface area contributed by atoms with Crippen LogP contribution in [0.5, 0.6) is 0 Å². The Balaban J connectivity index is 1.16. The number of nitrogens with one attached hydrogen (secondary N) is 1. The summed E-state index contributed by atoms with van der Waals surface area (Å²) in [5.41, 5.74) is 6.35. The van der Waals surface area contributed by atoms with Gasteiger partial charge < -0.3 is 20.5 Å². The summed E-state index contributed by atoms with van der Waals surface area (Å²) in [7, 11) is 0. The van der Waals surface area contributed by atoms with E-state index in [1.807, 2.05) is 0 Å². The maximum Gasteiger partial charge on any atom is 0.273 e. The summed E-state index contributed by atoms with van der Waals surface area (Å²) >= 11 is 0. The van der Waals surface area contributed by atoms with Crippen molar-refractivity contribution >= 4 is 11.8 Å². The molecule has 3 aliphatic carbocycles. The van der Waals surface area contributed by atoms with Crippen LogP contribution in [0.25, 0.3) is 0 Å². The number of piperidine rings is 1. The Morgan fingerprint density at radius 1 is 1.15 bits per heavy atom. The topological polar surface area (TPSA) is 101 Å². The van der Waals surface area contributed by atoms with E-state index < -0.39 is 0 Å². The molecule has 146 valence electrons. The van der Waals surface area contributed by atoms with Crippen LogP contribution in [0, 0.1) is 11.8 Å². The molecule has 2 bridgehead atoms. The minimum atomic E-state index is -0.151. The molecular formula is C20H28N4O3. The molecule has 27 heavy (non-hydrogen) atoms. The number of amides is 2. The summed E-state index contributed by atoms with van der Waals surface area (Å²) in [6.07, 6.45) is 7.85. The van der Waals surface area contributed by atoms with Crippen LogP contribution < -0.4 is 11.1 Å². The first-order chi connectivity index (χ1) is 13.1. The van der Waals surface area contributed by atoms with Gasteiger partial charge in [0.05, 0.1) is 0 Å². The van der Waals surface area contributed by atoms with E-state index in [1.54, 1.807) is 6.07 Å². The number of nitrogens with two attached hydrogens (primary N) is 1. The van der Waals surface area contributed by atoms with Gasteiger partial charge in [-0.2, -0.15) is 0 Å². The molecule has 2 amide bonds. The fourth-order valence-corrected chi connectivity index (χ4v) is 5.20. The summed E-state index contributed by atoms with van der Waals surface area (Å²) in [6.45, 7) is 0.767. The molecule has 4 fully saturated rings. The summed E-state index contributed by atoms with van der Waals surface area (Å²) in [5, 5.41) is 7.06. The van der Waals surface area contributed by atoms with Gasteiger partial charge in [-0.1, -0.05) is 5.16 Å². The van der Waals surface area contributed by atoms with Gasteiger partial charge >= 0.3 is 0 Å². The number of aromatic nitrogens is 1. The van der Waals surface area contributed by atoms with E-state index >= 15 is 0 Å². The van der Waals surface area contributed by atoms with E-state index in [9.17, 15) is 9.59 Å². The van der Waals surface area contributed by atoms with Gasteiger partial charge in [0.15, 0.2) is 5.69 Å². The zero-order valence-corrected chi connectivity index (χ0v) is 15.6. The lowest BCUT2D eigenvalue weighted by Gasteiger charge is -2.35. The molecule has 2 heterocycles. The first-order valence-corrected chi connectivity index (χ1v) is 10.4. The zero-order chi connectivity index (χ0) is 18.5. The third kappa shape index (κ3) is 3.26. The standard InChI is InChI=1S/C20H28N4O3/c21-14-5-3-12(4-6-14)20(26)24-10-13-7-15(24)8-16(13)22-19(25)17-9-18(27-23-17)11-1-2-11/h9,11-16H,1-8,10,21H2,(H,22,25). The smallest absolute Gasteiger partial charge is 0.273 e. The number of hydrogen-bond donors (Lipinski definition) is 2. The second-order valence-corrected chi connectivity index (χ2v) is 8.96. The Kier molecular flexibility index (Phi) is 4.22. The number of nitrogens with zero attached hydrogens (tertiary/aromatic N) is 2. The molecule has 0 radical (unpaired) electrons. The van der Waals surface area contributed by atoms with Crippen molar-refractivity contribution in [2.24, 2.45) is 17.6 Å². The Morgan fingerprint density at radius 2 is 1.93 bits per heavy atom. The third-order valence-corrected chi connectivity index (χ3v) is 7.00. The van der Waals surface area contributed by atoms with E-state index in [0.29, 0.717) is 23.4 Å². The number of fused-ring (bicyclic) bond motifs is 2. The maximum atomic E-state index is 12.9. The lowest BCUT2D eigenvalue weighted by atomic mass is 9.85. The van der Waals surface area contributed by atoms with Crippen LogP contribution in [0.2, 0.25) is 0 Å². The van der Waals surface area contributed by atoms with Crippen LogP contribution >= 0.6 is 0 Å². The largest absolute Gasteiger partial charge is 0.360 e. The fourth-order valence-electron chi connectivity index (χ4n) is 5.20. The van der Waals surface area contributed by atoms with Crippen LogP contribution in [-0.4, -0.2) is 46.5 Å². The number of carbonyl (C=O) groups excluding carboxylic acids is 2. The van der Waals surface area contributed by atoms with Crippen LogP contribution in [0.4, 0.5) is 0 Å². The van der Waals surface area contributed by atoms with E-state index in [4.69, 9.17) is 10.3 Å². The second-order valence-electron chi connectivity index (χ2n) is 8.96. The molecule has 1 aliphatic heterocycles. The normalized spacial score (nSPS) is 35.4. The Morgan fingerprint density at radius 3 is 2.59 bits per heavy atom. The Hall–Kier alpha value is -1.89. The van der Waals surface area contributed by atoms with Gasteiger partial charge in [-0.05, 0) is 57.3 Å². The zero-order valence-electron chi connectivity index (χ0n) is 15.6. The second kappa shape index (κ2) is 6.62. The highest BCUT2D eigenvalue weighted by molar-refractivity contribution is 5.92. The van der Waals surface area contributed by atoms with Gasteiger partial charge in [0.2, 0.25) is 5.91 Å². The monoisotopic (exact) mass is 372 g/mol. The summed E-state index contributed by atoms with van der Waals surface area (Å²) < 4.78 is 5.29. The van der Waals surface area contributed by atoms with Gasteiger partial charge in [0.1, 0.15) is 5.76 Å². The van der Waals surface area contributed by atoms with Gasteiger partial charge in [-0.25, -0.2) is 0 Å². The van der Waals surface area contributed by atoms with Crippen LogP contribution in [-0.2, 0) is 4.79 Å². The van der Waals surface area contributed by atoms with Crippen LogP contribution in [0.3, 0.4) is 0 Å². The number of hydrogen-bond acceptors (Lipinski definition) is 5. The molecule has 3 unspecified atom stereocenters. The lowest BCUT2D eigenvalue weighted by Crippen LogP contribution is -2.49. The molecule has 1 aromatic rings. The molecule has 7 heteroatoms. The molecule has 3 N–H and O–H groups in total. The highest BCUT2D eigenvalue weighted by Gasteiger charge is 2.48. The molecule has 0 spiro atoms. The lowest BCUT2D eigenvalue weighted by molar-refractivity contribution is -0.138. The molecule has 1 saturated heterocycles. The first kappa shape index (κ1) is 17.2. The van der Waals surface area contributed by atoms with Crippen molar-refractivity contribution in [2.75, 3.05) is 6.54 Å². The summed E-state index contributed by atoms with van der Waals surface area (Å²) in [5.74, 6) is 1.94. The minimum Gasteiger partial charge on any atom is -0.360 e. The van der Waals surface area contributed by atoms with Crippen LogP contribution in [0.1, 0.15) is 73.5 Å². The van der Waals surface area contributed by atoms with Gasteiger partial charge in [-0.3, -0.25) is 9.59 Å². The molecule has 3 atom stereocenters. The van der Waals surface area contributed by atoms with Gasteiger partial charge in [0.25, 0.3) is 5.91 Å².